The number of carbonyl (C=O) groups excluding carboxylic acids is 1. The monoisotopic (exact) mass is 294 g/mol. The number of aryl methyl sites for hydroxylation is 1. The predicted molar refractivity (Wildman–Crippen MR) is 78.3 cm³/mol. The molecule has 0 aliphatic carbocycles. The second-order valence-electron chi connectivity index (χ2n) is 4.42. The summed E-state index contributed by atoms with van der Waals surface area (Å²) in [7, 11) is 1.65. The molecule has 1 unspecified atom stereocenters. The Kier molecular flexibility index (Phi) is 4.86. The SMILES string of the molecule is CCc1ncsc1C(=O)Nc1ccn(C(C)COC)n1. The van der Waals surface area contributed by atoms with Gasteiger partial charge in [0.15, 0.2) is 5.82 Å². The van der Waals surface area contributed by atoms with Crippen LogP contribution in [0.4, 0.5) is 5.82 Å². The number of hydrogen-bond donors (Lipinski definition) is 1. The molecule has 7 heteroatoms. The van der Waals surface area contributed by atoms with E-state index in [1.807, 2.05) is 20.0 Å². The number of methoxy groups -OCH3 is 1. The minimum atomic E-state index is -0.158. The summed E-state index contributed by atoms with van der Waals surface area (Å²) in [5.74, 6) is 0.377. The smallest absolute Gasteiger partial charge is 0.268 e. The highest BCUT2D eigenvalue weighted by Gasteiger charge is 2.15. The van der Waals surface area contributed by atoms with Gasteiger partial charge in [0.1, 0.15) is 4.88 Å². The average molecular weight is 294 g/mol. The molecule has 0 bridgehead atoms. The van der Waals surface area contributed by atoms with Gasteiger partial charge in [-0.1, -0.05) is 6.92 Å². The van der Waals surface area contributed by atoms with Crippen molar-refractivity contribution in [3.63, 3.8) is 0 Å². The molecule has 0 radical (unpaired) electrons. The number of anilines is 1. The Morgan fingerprint density at radius 3 is 3.10 bits per heavy atom. The largest absolute Gasteiger partial charge is 0.382 e. The summed E-state index contributed by atoms with van der Waals surface area (Å²) in [5, 5.41) is 7.12. The van der Waals surface area contributed by atoms with Crippen molar-refractivity contribution < 1.29 is 9.53 Å². The van der Waals surface area contributed by atoms with Gasteiger partial charge in [0.2, 0.25) is 0 Å². The molecule has 1 atom stereocenters. The maximum absolute atomic E-state index is 12.1. The average Bonchev–Trinajstić information content (AvgIpc) is 3.07. The van der Waals surface area contributed by atoms with E-state index >= 15 is 0 Å². The molecule has 108 valence electrons. The molecular formula is C13H18N4O2S. The Morgan fingerprint density at radius 1 is 1.60 bits per heavy atom. The zero-order chi connectivity index (χ0) is 14.5. The second kappa shape index (κ2) is 6.62. The van der Waals surface area contributed by atoms with Crippen molar-refractivity contribution in [1.29, 1.82) is 0 Å². The van der Waals surface area contributed by atoms with Gasteiger partial charge in [0.25, 0.3) is 5.91 Å². The molecule has 2 heterocycles. The molecule has 0 aliphatic rings. The molecule has 1 amide bonds. The predicted octanol–water partition coefficient (Wildman–Crippen LogP) is 2.36. The van der Waals surface area contributed by atoms with Crippen molar-refractivity contribution in [2.24, 2.45) is 0 Å². The van der Waals surface area contributed by atoms with Crippen LogP contribution >= 0.6 is 11.3 Å². The normalized spacial score (nSPS) is 12.3. The van der Waals surface area contributed by atoms with Crippen molar-refractivity contribution >= 4 is 23.1 Å². The molecule has 0 saturated carbocycles. The fourth-order valence-electron chi connectivity index (χ4n) is 1.85. The van der Waals surface area contributed by atoms with Gasteiger partial charge in [-0.05, 0) is 13.3 Å². The van der Waals surface area contributed by atoms with E-state index in [9.17, 15) is 4.79 Å². The van der Waals surface area contributed by atoms with Crippen LogP contribution in [0.1, 0.15) is 35.3 Å². The van der Waals surface area contributed by atoms with Crippen LogP contribution in [-0.4, -0.2) is 34.4 Å². The highest BCUT2D eigenvalue weighted by molar-refractivity contribution is 7.12. The lowest BCUT2D eigenvalue weighted by Crippen LogP contribution is -2.15. The molecule has 0 fully saturated rings. The number of nitrogens with zero attached hydrogens (tertiary/aromatic N) is 3. The van der Waals surface area contributed by atoms with Crippen LogP contribution < -0.4 is 5.32 Å². The minimum Gasteiger partial charge on any atom is -0.382 e. The molecule has 20 heavy (non-hydrogen) atoms. The summed E-state index contributed by atoms with van der Waals surface area (Å²) in [5.41, 5.74) is 2.51. The molecule has 0 aromatic carbocycles. The highest BCUT2D eigenvalue weighted by Crippen LogP contribution is 2.16. The fraction of sp³-hybridized carbons (Fsp3) is 0.462. The van der Waals surface area contributed by atoms with Crippen molar-refractivity contribution in [1.82, 2.24) is 14.8 Å². The van der Waals surface area contributed by atoms with Crippen LogP contribution in [0.5, 0.6) is 0 Å². The maximum atomic E-state index is 12.1. The van der Waals surface area contributed by atoms with Crippen LogP contribution in [0.15, 0.2) is 17.8 Å². The van der Waals surface area contributed by atoms with Crippen molar-refractivity contribution in [2.45, 2.75) is 26.3 Å². The molecule has 1 N–H and O–H groups in total. The lowest BCUT2D eigenvalue weighted by Gasteiger charge is -2.10. The van der Waals surface area contributed by atoms with Crippen LogP contribution in [-0.2, 0) is 11.2 Å². The summed E-state index contributed by atoms with van der Waals surface area (Å²) in [6, 6.07) is 1.90. The van der Waals surface area contributed by atoms with Crippen LogP contribution in [0, 0.1) is 0 Å². The van der Waals surface area contributed by atoms with E-state index in [0.29, 0.717) is 17.3 Å². The fourth-order valence-corrected chi connectivity index (χ4v) is 2.62. The number of rotatable bonds is 6. The van der Waals surface area contributed by atoms with Gasteiger partial charge in [-0.2, -0.15) is 5.10 Å². The molecule has 2 aromatic heterocycles. The number of thiazole rings is 1. The van der Waals surface area contributed by atoms with Gasteiger partial charge in [-0.25, -0.2) is 4.98 Å². The third kappa shape index (κ3) is 3.23. The molecular weight excluding hydrogens is 276 g/mol. The number of aromatic nitrogens is 3. The number of hydrogen-bond acceptors (Lipinski definition) is 5. The summed E-state index contributed by atoms with van der Waals surface area (Å²) < 4.78 is 6.85. The van der Waals surface area contributed by atoms with E-state index < -0.39 is 0 Å². The Hall–Kier alpha value is -1.73. The molecule has 0 aliphatic heterocycles. The number of ether oxygens (including phenoxy) is 1. The van der Waals surface area contributed by atoms with E-state index in [4.69, 9.17) is 4.74 Å². The van der Waals surface area contributed by atoms with Crippen molar-refractivity contribution in [3.8, 4) is 0 Å². The zero-order valence-electron chi connectivity index (χ0n) is 11.8. The Bertz CT molecular complexity index is 578. The summed E-state index contributed by atoms with van der Waals surface area (Å²) >= 11 is 1.34. The lowest BCUT2D eigenvalue weighted by molar-refractivity contribution is 0.102. The Balaban J connectivity index is 2.05. The molecule has 6 nitrogen and oxygen atoms in total. The standard InChI is InChI=1S/C13H18N4O2S/c1-4-10-12(20-8-14-10)13(18)15-11-5-6-17(16-11)9(2)7-19-3/h5-6,8-9H,4,7H2,1-3H3,(H,15,16,18). The van der Waals surface area contributed by atoms with E-state index in [-0.39, 0.29) is 11.9 Å². The topological polar surface area (TPSA) is 69.0 Å². The van der Waals surface area contributed by atoms with E-state index in [2.05, 4.69) is 15.4 Å². The van der Waals surface area contributed by atoms with Gasteiger partial charge < -0.3 is 10.1 Å². The summed E-state index contributed by atoms with van der Waals surface area (Å²) in [4.78, 5) is 17.0. The number of carbonyl (C=O) groups is 1. The van der Waals surface area contributed by atoms with Crippen molar-refractivity contribution in [3.05, 3.63) is 28.3 Å². The molecule has 2 rings (SSSR count). The van der Waals surface area contributed by atoms with E-state index in [0.717, 1.165) is 12.1 Å². The zero-order valence-corrected chi connectivity index (χ0v) is 12.6. The van der Waals surface area contributed by atoms with Crippen LogP contribution in [0.3, 0.4) is 0 Å². The summed E-state index contributed by atoms with van der Waals surface area (Å²) in [6.45, 7) is 4.55. The first-order chi connectivity index (χ1) is 9.65. The van der Waals surface area contributed by atoms with Gasteiger partial charge in [-0.3, -0.25) is 9.48 Å². The van der Waals surface area contributed by atoms with Gasteiger partial charge in [-0.15, -0.1) is 11.3 Å². The third-order valence-electron chi connectivity index (χ3n) is 2.89. The Morgan fingerprint density at radius 2 is 2.40 bits per heavy atom. The van der Waals surface area contributed by atoms with Crippen molar-refractivity contribution in [2.75, 3.05) is 19.0 Å². The van der Waals surface area contributed by atoms with E-state index in [1.54, 1.807) is 23.4 Å². The second-order valence-corrected chi connectivity index (χ2v) is 5.28. The van der Waals surface area contributed by atoms with Gasteiger partial charge in [0, 0.05) is 19.4 Å². The van der Waals surface area contributed by atoms with E-state index in [1.165, 1.54) is 11.3 Å². The third-order valence-corrected chi connectivity index (χ3v) is 3.76. The van der Waals surface area contributed by atoms with Crippen LogP contribution in [0.25, 0.3) is 0 Å². The van der Waals surface area contributed by atoms with Gasteiger partial charge >= 0.3 is 0 Å². The summed E-state index contributed by atoms with van der Waals surface area (Å²) in [6.07, 6.45) is 2.57. The maximum Gasteiger partial charge on any atom is 0.268 e. The highest BCUT2D eigenvalue weighted by atomic mass is 32.1. The number of amides is 1. The van der Waals surface area contributed by atoms with Gasteiger partial charge in [0.05, 0.1) is 23.9 Å². The lowest BCUT2D eigenvalue weighted by atomic mass is 10.3. The Labute approximate surface area is 121 Å². The number of nitrogens with one attached hydrogen (secondary N) is 1. The quantitative estimate of drug-likeness (QED) is 0.888. The first-order valence-corrected chi connectivity index (χ1v) is 7.31. The minimum absolute atomic E-state index is 0.125. The molecule has 0 spiro atoms. The van der Waals surface area contributed by atoms with Crippen LogP contribution in [0.2, 0.25) is 0 Å². The molecule has 0 saturated heterocycles. The first-order valence-electron chi connectivity index (χ1n) is 6.43. The molecule has 2 aromatic rings. The first kappa shape index (κ1) is 14.7.